The smallest absolute Gasteiger partial charge is 0.129 e. The number of aliphatic hydroxyl groups excluding tert-OH is 1. The lowest BCUT2D eigenvalue weighted by molar-refractivity contribution is 0.343. The molecule has 0 fully saturated rings. The minimum Gasteiger partial charge on any atom is -0.392 e. The summed E-state index contributed by atoms with van der Waals surface area (Å²) in [6.07, 6.45) is 1.65. The van der Waals surface area contributed by atoms with E-state index in [4.69, 9.17) is 5.11 Å². The average molecular weight is 248 g/mol. The SMILES string of the molecule is C[Si](C)(C)C#C/C(=C/CO)c1ccc(F)cc1. The van der Waals surface area contributed by atoms with Crippen molar-refractivity contribution in [3.63, 3.8) is 0 Å². The number of hydrogen-bond donors (Lipinski definition) is 1. The number of halogens is 1. The van der Waals surface area contributed by atoms with Gasteiger partial charge in [0, 0.05) is 5.57 Å². The number of aliphatic hydroxyl groups is 1. The summed E-state index contributed by atoms with van der Waals surface area (Å²) in [7, 11) is -1.45. The molecule has 0 bridgehead atoms. The molecule has 0 radical (unpaired) electrons. The monoisotopic (exact) mass is 248 g/mol. The number of rotatable bonds is 2. The summed E-state index contributed by atoms with van der Waals surface area (Å²) in [6.45, 7) is 6.40. The fourth-order valence-electron chi connectivity index (χ4n) is 1.22. The zero-order valence-corrected chi connectivity index (χ0v) is 11.4. The second-order valence-corrected chi connectivity index (χ2v) is 9.56. The van der Waals surface area contributed by atoms with Crippen molar-refractivity contribution < 1.29 is 9.50 Å². The molecule has 1 aromatic rings. The largest absolute Gasteiger partial charge is 0.392 e. The molecule has 1 N–H and O–H groups in total. The number of benzene rings is 1. The second kappa shape index (κ2) is 5.81. The molecular weight excluding hydrogens is 231 g/mol. The van der Waals surface area contributed by atoms with Gasteiger partial charge in [0.1, 0.15) is 13.9 Å². The zero-order chi connectivity index (χ0) is 12.9. The third kappa shape index (κ3) is 4.99. The van der Waals surface area contributed by atoms with Crippen molar-refractivity contribution in [1.29, 1.82) is 0 Å². The Bertz CT molecular complexity index is 458. The van der Waals surface area contributed by atoms with Crippen LogP contribution in [0.25, 0.3) is 5.57 Å². The van der Waals surface area contributed by atoms with Crippen LogP contribution in [0.3, 0.4) is 0 Å². The van der Waals surface area contributed by atoms with Gasteiger partial charge in [0.15, 0.2) is 0 Å². The Kier molecular flexibility index (Phi) is 4.68. The van der Waals surface area contributed by atoms with Crippen LogP contribution in [-0.4, -0.2) is 19.8 Å². The van der Waals surface area contributed by atoms with Crippen molar-refractivity contribution in [3.8, 4) is 11.5 Å². The highest BCUT2D eigenvalue weighted by molar-refractivity contribution is 6.84. The van der Waals surface area contributed by atoms with E-state index in [0.29, 0.717) is 0 Å². The van der Waals surface area contributed by atoms with Gasteiger partial charge in [-0.05, 0) is 23.8 Å². The molecule has 0 aliphatic heterocycles. The van der Waals surface area contributed by atoms with Crippen LogP contribution < -0.4 is 0 Å². The molecule has 0 saturated heterocycles. The second-order valence-electron chi connectivity index (χ2n) is 4.81. The van der Waals surface area contributed by atoms with Gasteiger partial charge in [0.25, 0.3) is 0 Å². The molecule has 1 rings (SSSR count). The summed E-state index contributed by atoms with van der Waals surface area (Å²) < 4.78 is 12.8. The average Bonchev–Trinajstić information content (AvgIpc) is 2.24. The van der Waals surface area contributed by atoms with Gasteiger partial charge in [-0.3, -0.25) is 0 Å². The van der Waals surface area contributed by atoms with E-state index in [2.05, 4.69) is 31.1 Å². The van der Waals surface area contributed by atoms with Gasteiger partial charge in [-0.2, -0.15) is 0 Å². The highest BCUT2D eigenvalue weighted by Crippen LogP contribution is 2.14. The molecule has 0 aliphatic rings. The van der Waals surface area contributed by atoms with Crippen LogP contribution in [0.5, 0.6) is 0 Å². The topological polar surface area (TPSA) is 20.2 Å². The summed E-state index contributed by atoms with van der Waals surface area (Å²) in [5.41, 5.74) is 4.83. The van der Waals surface area contributed by atoms with E-state index in [9.17, 15) is 4.39 Å². The molecule has 0 atom stereocenters. The van der Waals surface area contributed by atoms with Crippen molar-refractivity contribution in [2.75, 3.05) is 6.61 Å². The van der Waals surface area contributed by atoms with E-state index in [-0.39, 0.29) is 12.4 Å². The van der Waals surface area contributed by atoms with Crippen LogP contribution in [0.15, 0.2) is 30.3 Å². The minimum absolute atomic E-state index is 0.0624. The Hall–Kier alpha value is -1.37. The summed E-state index contributed by atoms with van der Waals surface area (Å²) in [5, 5.41) is 8.98. The normalized spacial score (nSPS) is 11.9. The van der Waals surface area contributed by atoms with Crippen molar-refractivity contribution in [1.82, 2.24) is 0 Å². The Morgan fingerprint density at radius 3 is 2.35 bits per heavy atom. The maximum Gasteiger partial charge on any atom is 0.129 e. The quantitative estimate of drug-likeness (QED) is 0.630. The maximum atomic E-state index is 12.8. The van der Waals surface area contributed by atoms with E-state index in [0.717, 1.165) is 11.1 Å². The van der Waals surface area contributed by atoms with Gasteiger partial charge >= 0.3 is 0 Å². The molecule has 0 unspecified atom stereocenters. The fourth-order valence-corrected chi connectivity index (χ4v) is 1.73. The third-order valence-corrected chi connectivity index (χ3v) is 2.90. The van der Waals surface area contributed by atoms with Gasteiger partial charge in [0.05, 0.1) is 6.61 Å². The van der Waals surface area contributed by atoms with Crippen molar-refractivity contribution in [2.45, 2.75) is 19.6 Å². The summed E-state index contributed by atoms with van der Waals surface area (Å²) in [4.78, 5) is 0. The van der Waals surface area contributed by atoms with Crippen LogP contribution in [0.1, 0.15) is 5.56 Å². The van der Waals surface area contributed by atoms with E-state index >= 15 is 0 Å². The molecule has 0 heterocycles. The molecule has 0 amide bonds. The third-order valence-electron chi connectivity index (χ3n) is 2.02. The van der Waals surface area contributed by atoms with E-state index < -0.39 is 8.07 Å². The highest BCUT2D eigenvalue weighted by atomic mass is 28.3. The standard InChI is InChI=1S/C14H17FOSi/c1-17(2,3)11-9-13(8-10-16)12-4-6-14(15)7-5-12/h4-8,16H,10H2,1-3H3/b13-8-. The lowest BCUT2D eigenvalue weighted by Crippen LogP contribution is -2.16. The molecule has 17 heavy (non-hydrogen) atoms. The Balaban J connectivity index is 3.06. The maximum absolute atomic E-state index is 12.8. The van der Waals surface area contributed by atoms with Crippen molar-refractivity contribution in [2.24, 2.45) is 0 Å². The first-order valence-electron chi connectivity index (χ1n) is 5.52. The van der Waals surface area contributed by atoms with Gasteiger partial charge < -0.3 is 5.11 Å². The molecule has 1 aromatic carbocycles. The molecule has 0 saturated carbocycles. The van der Waals surface area contributed by atoms with Crippen LogP contribution in [0.4, 0.5) is 4.39 Å². The van der Waals surface area contributed by atoms with Crippen molar-refractivity contribution >= 4 is 13.6 Å². The highest BCUT2D eigenvalue weighted by Gasteiger charge is 2.08. The predicted octanol–water partition coefficient (Wildman–Crippen LogP) is 3.08. The van der Waals surface area contributed by atoms with E-state index in [1.807, 2.05) is 0 Å². The molecule has 0 aliphatic carbocycles. The Morgan fingerprint density at radius 2 is 1.88 bits per heavy atom. The molecule has 3 heteroatoms. The van der Waals surface area contributed by atoms with Gasteiger partial charge in [-0.1, -0.05) is 37.7 Å². The molecule has 0 spiro atoms. The lowest BCUT2D eigenvalue weighted by atomic mass is 10.1. The summed E-state index contributed by atoms with van der Waals surface area (Å²) >= 11 is 0. The van der Waals surface area contributed by atoms with Crippen LogP contribution in [0, 0.1) is 17.3 Å². The molecule has 0 aromatic heterocycles. The van der Waals surface area contributed by atoms with Gasteiger partial charge in [0.2, 0.25) is 0 Å². The Morgan fingerprint density at radius 1 is 1.29 bits per heavy atom. The summed E-state index contributed by atoms with van der Waals surface area (Å²) in [5.74, 6) is 2.82. The fraction of sp³-hybridized carbons (Fsp3) is 0.286. The zero-order valence-electron chi connectivity index (χ0n) is 10.4. The van der Waals surface area contributed by atoms with Crippen molar-refractivity contribution in [3.05, 3.63) is 41.7 Å². The van der Waals surface area contributed by atoms with Crippen LogP contribution in [-0.2, 0) is 0 Å². The first kappa shape index (κ1) is 13.7. The Labute approximate surface area is 103 Å². The first-order chi connectivity index (χ1) is 7.92. The molecule has 1 nitrogen and oxygen atoms in total. The van der Waals surface area contributed by atoms with Crippen LogP contribution >= 0.6 is 0 Å². The molecular formula is C14H17FOSi. The van der Waals surface area contributed by atoms with E-state index in [1.54, 1.807) is 18.2 Å². The minimum atomic E-state index is -1.45. The van der Waals surface area contributed by atoms with Gasteiger partial charge in [-0.25, -0.2) is 4.39 Å². The number of allylic oxidation sites excluding steroid dienone is 1. The van der Waals surface area contributed by atoms with Crippen LogP contribution in [0.2, 0.25) is 19.6 Å². The predicted molar refractivity (Wildman–Crippen MR) is 72.6 cm³/mol. The lowest BCUT2D eigenvalue weighted by Gasteiger charge is -2.05. The molecule has 90 valence electrons. The summed E-state index contributed by atoms with van der Waals surface area (Å²) in [6, 6.07) is 6.15. The first-order valence-corrected chi connectivity index (χ1v) is 9.02. The van der Waals surface area contributed by atoms with Gasteiger partial charge in [-0.15, -0.1) is 5.54 Å². The number of hydrogen-bond acceptors (Lipinski definition) is 1. The van der Waals surface area contributed by atoms with E-state index in [1.165, 1.54) is 12.1 Å².